The van der Waals surface area contributed by atoms with E-state index >= 15 is 0 Å². The highest BCUT2D eigenvalue weighted by molar-refractivity contribution is 7.99. The zero-order valence-corrected chi connectivity index (χ0v) is 11.0. The van der Waals surface area contributed by atoms with Crippen LogP contribution in [0.3, 0.4) is 0 Å². The molecule has 18 heavy (non-hydrogen) atoms. The van der Waals surface area contributed by atoms with Gasteiger partial charge in [-0.05, 0) is 19.1 Å². The van der Waals surface area contributed by atoms with Gasteiger partial charge in [-0.25, -0.2) is 0 Å². The number of nitrogens with zero attached hydrogens (tertiary/aromatic N) is 5. The van der Waals surface area contributed by atoms with Gasteiger partial charge in [0.1, 0.15) is 16.5 Å². The molecule has 0 aromatic carbocycles. The van der Waals surface area contributed by atoms with E-state index in [1.807, 2.05) is 19.1 Å². The van der Waals surface area contributed by atoms with Crippen LogP contribution in [0.2, 0.25) is 5.15 Å². The van der Waals surface area contributed by atoms with Gasteiger partial charge in [-0.2, -0.15) is 19.6 Å². The molecule has 0 fully saturated rings. The van der Waals surface area contributed by atoms with Crippen LogP contribution in [0, 0.1) is 6.92 Å². The van der Waals surface area contributed by atoms with E-state index in [-0.39, 0.29) is 0 Å². The average molecular weight is 278 g/mol. The van der Waals surface area contributed by atoms with Crippen molar-refractivity contribution in [2.75, 3.05) is 0 Å². The van der Waals surface area contributed by atoms with Gasteiger partial charge in [0, 0.05) is 22.9 Å². The summed E-state index contributed by atoms with van der Waals surface area (Å²) in [6, 6.07) is 3.86. The minimum absolute atomic E-state index is 0.451. The predicted molar refractivity (Wildman–Crippen MR) is 68.9 cm³/mol. The molecule has 0 aliphatic rings. The fraction of sp³-hybridized carbons (Fsp3) is 0.0909. The second kappa shape index (κ2) is 4.55. The highest BCUT2D eigenvalue weighted by Crippen LogP contribution is 2.32. The summed E-state index contributed by atoms with van der Waals surface area (Å²) >= 11 is 7.66. The third kappa shape index (κ3) is 1.93. The summed E-state index contributed by atoms with van der Waals surface area (Å²) in [6.45, 7) is 1.92. The number of rotatable bonds is 2. The van der Waals surface area contributed by atoms with Crippen molar-refractivity contribution >= 4 is 29.1 Å². The molecular weight excluding hydrogens is 270 g/mol. The van der Waals surface area contributed by atoms with Gasteiger partial charge in [0.2, 0.25) is 0 Å². The van der Waals surface area contributed by atoms with Gasteiger partial charge < -0.3 is 0 Å². The van der Waals surface area contributed by atoms with Gasteiger partial charge >= 0.3 is 0 Å². The lowest BCUT2D eigenvalue weighted by atomic mass is 10.4. The second-order valence-corrected chi connectivity index (χ2v) is 5.01. The maximum Gasteiger partial charge on any atom is 0.254 e. The van der Waals surface area contributed by atoms with Crippen LogP contribution in [0.25, 0.3) is 5.78 Å². The van der Waals surface area contributed by atoms with E-state index in [9.17, 15) is 0 Å². The van der Waals surface area contributed by atoms with Crippen LogP contribution in [0.5, 0.6) is 0 Å². The number of pyridine rings is 1. The Balaban J connectivity index is 2.16. The van der Waals surface area contributed by atoms with Crippen LogP contribution >= 0.6 is 23.4 Å². The van der Waals surface area contributed by atoms with Crippen molar-refractivity contribution in [1.29, 1.82) is 0 Å². The first-order chi connectivity index (χ1) is 8.75. The van der Waals surface area contributed by atoms with Crippen molar-refractivity contribution in [2.24, 2.45) is 0 Å². The first kappa shape index (κ1) is 11.4. The molecule has 0 aliphatic carbocycles. The first-order valence-corrected chi connectivity index (χ1v) is 6.39. The highest BCUT2D eigenvalue weighted by Gasteiger charge is 2.13. The Morgan fingerprint density at radius 2 is 2.06 bits per heavy atom. The molecule has 7 heteroatoms. The lowest BCUT2D eigenvalue weighted by Crippen LogP contribution is -1.99. The lowest BCUT2D eigenvalue weighted by Gasteiger charge is -2.08. The largest absolute Gasteiger partial charge is 0.265 e. The average Bonchev–Trinajstić information content (AvgIpc) is 2.84. The third-order valence-electron chi connectivity index (χ3n) is 2.41. The molecule has 90 valence electrons. The molecule has 3 aromatic rings. The first-order valence-electron chi connectivity index (χ1n) is 5.19. The van der Waals surface area contributed by atoms with Gasteiger partial charge in [0.15, 0.2) is 0 Å². The maximum atomic E-state index is 6.10. The van der Waals surface area contributed by atoms with Crippen LogP contribution in [0.1, 0.15) is 5.56 Å². The number of aromatic nitrogens is 5. The van der Waals surface area contributed by atoms with E-state index in [1.165, 1.54) is 6.33 Å². The number of halogens is 1. The van der Waals surface area contributed by atoms with Gasteiger partial charge in [0.05, 0.1) is 0 Å². The monoisotopic (exact) mass is 277 g/mol. The molecule has 0 saturated heterocycles. The molecule has 0 spiro atoms. The smallest absolute Gasteiger partial charge is 0.254 e. The van der Waals surface area contributed by atoms with Crippen molar-refractivity contribution in [1.82, 2.24) is 24.6 Å². The Kier molecular flexibility index (Phi) is 2.89. The molecule has 0 unspecified atom stereocenters. The summed E-state index contributed by atoms with van der Waals surface area (Å²) in [7, 11) is 0. The van der Waals surface area contributed by atoms with E-state index in [0.29, 0.717) is 10.9 Å². The summed E-state index contributed by atoms with van der Waals surface area (Å²) in [5, 5.41) is 5.53. The molecular formula is C11H8ClN5S. The minimum atomic E-state index is 0.451. The molecule has 0 aliphatic heterocycles. The molecule has 0 N–H and O–H groups in total. The Hall–Kier alpha value is -1.66. The van der Waals surface area contributed by atoms with Crippen molar-refractivity contribution < 1.29 is 0 Å². The summed E-state index contributed by atoms with van der Waals surface area (Å²) in [5.74, 6) is 0.502. The van der Waals surface area contributed by atoms with Crippen molar-refractivity contribution in [3.63, 3.8) is 0 Å². The molecule has 0 bridgehead atoms. The van der Waals surface area contributed by atoms with Crippen LogP contribution in [-0.4, -0.2) is 24.6 Å². The molecule has 0 radical (unpaired) electrons. The Morgan fingerprint density at radius 3 is 2.83 bits per heavy atom. The fourth-order valence-corrected chi connectivity index (χ4v) is 2.68. The van der Waals surface area contributed by atoms with Gasteiger partial charge in [0.25, 0.3) is 5.78 Å². The third-order valence-corrected chi connectivity index (χ3v) is 3.96. The molecule has 3 aromatic heterocycles. The van der Waals surface area contributed by atoms with E-state index in [4.69, 9.17) is 11.6 Å². The van der Waals surface area contributed by atoms with Crippen LogP contribution < -0.4 is 0 Å². The predicted octanol–water partition coefficient (Wildman–Crippen LogP) is 2.63. The van der Waals surface area contributed by atoms with E-state index in [1.54, 1.807) is 28.7 Å². The zero-order valence-electron chi connectivity index (χ0n) is 9.41. The van der Waals surface area contributed by atoms with Crippen molar-refractivity contribution in [3.8, 4) is 0 Å². The van der Waals surface area contributed by atoms with Crippen molar-refractivity contribution in [2.45, 2.75) is 16.8 Å². The fourth-order valence-electron chi connectivity index (χ4n) is 1.51. The number of fused-ring (bicyclic) bond motifs is 1. The van der Waals surface area contributed by atoms with Crippen LogP contribution in [0.4, 0.5) is 0 Å². The lowest BCUT2D eigenvalue weighted by molar-refractivity contribution is 0.825. The topological polar surface area (TPSA) is 56.0 Å². The summed E-state index contributed by atoms with van der Waals surface area (Å²) < 4.78 is 1.69. The van der Waals surface area contributed by atoms with Gasteiger partial charge in [-0.1, -0.05) is 23.4 Å². The van der Waals surface area contributed by atoms with E-state index in [2.05, 4.69) is 20.1 Å². The van der Waals surface area contributed by atoms with Crippen molar-refractivity contribution in [3.05, 3.63) is 41.6 Å². The Labute approximate surface area is 112 Å². The molecule has 5 nitrogen and oxygen atoms in total. The quantitative estimate of drug-likeness (QED) is 0.674. The standard InChI is InChI=1S/C11H8ClN5S/c1-7-9(12)16-11-14-6-15-17(11)10(7)18-8-2-4-13-5-3-8/h2-6H,1H3. The van der Waals surface area contributed by atoms with Gasteiger partial charge in [-0.15, -0.1) is 0 Å². The molecule has 3 rings (SSSR count). The summed E-state index contributed by atoms with van der Waals surface area (Å²) in [4.78, 5) is 13.3. The van der Waals surface area contributed by atoms with Crippen LogP contribution in [0.15, 0.2) is 40.8 Å². The Morgan fingerprint density at radius 1 is 1.28 bits per heavy atom. The maximum absolute atomic E-state index is 6.10. The molecule has 3 heterocycles. The SMILES string of the molecule is Cc1c(Cl)nc2ncnn2c1Sc1ccncc1. The molecule has 0 atom stereocenters. The minimum Gasteiger partial charge on any atom is -0.265 e. The van der Waals surface area contributed by atoms with E-state index in [0.717, 1.165) is 15.5 Å². The molecule has 0 amide bonds. The Bertz CT molecular complexity index is 697. The van der Waals surface area contributed by atoms with E-state index < -0.39 is 0 Å². The highest BCUT2D eigenvalue weighted by atomic mass is 35.5. The zero-order chi connectivity index (χ0) is 12.5. The normalized spacial score (nSPS) is 11.0. The number of hydrogen-bond donors (Lipinski definition) is 0. The van der Waals surface area contributed by atoms with Gasteiger partial charge in [-0.3, -0.25) is 4.98 Å². The second-order valence-electron chi connectivity index (χ2n) is 3.59. The summed E-state index contributed by atoms with van der Waals surface area (Å²) in [5.41, 5.74) is 0.886. The number of hydrogen-bond acceptors (Lipinski definition) is 5. The summed E-state index contributed by atoms with van der Waals surface area (Å²) in [6.07, 6.45) is 4.96. The van der Waals surface area contributed by atoms with Crippen LogP contribution in [-0.2, 0) is 0 Å². The molecule has 0 saturated carbocycles.